The number of hydrogen-bond donors (Lipinski definition) is 0. The zero-order valence-corrected chi connectivity index (χ0v) is 22.5. The summed E-state index contributed by atoms with van der Waals surface area (Å²) in [5.41, 5.74) is 5.64. The Morgan fingerprint density at radius 1 is 0.500 bits per heavy atom. The van der Waals surface area contributed by atoms with Gasteiger partial charge in [-0.3, -0.25) is 0 Å². The first kappa shape index (κ1) is 23.0. The van der Waals surface area contributed by atoms with Gasteiger partial charge < -0.3 is 0 Å². The van der Waals surface area contributed by atoms with E-state index in [1.54, 1.807) is 0 Å². The van der Waals surface area contributed by atoms with Crippen LogP contribution >= 0.6 is 16.1 Å². The monoisotopic (exact) mass is 498 g/mol. The van der Waals surface area contributed by atoms with Gasteiger partial charge in [-0.05, 0) is 65.1 Å². The first-order valence-electron chi connectivity index (χ1n) is 12.4. The molecule has 5 aromatic carbocycles. The van der Waals surface area contributed by atoms with Crippen LogP contribution < -0.4 is 15.9 Å². The second-order valence-corrected chi connectivity index (χ2v) is 12.6. The molecule has 0 bridgehead atoms. The van der Waals surface area contributed by atoms with Gasteiger partial charge in [-0.15, -0.1) is 8.19 Å². The molecule has 1 atom stereocenters. The van der Waals surface area contributed by atoms with E-state index in [-0.39, 0.29) is 0 Å². The normalized spacial score (nSPS) is 11.5. The molecule has 0 aliphatic heterocycles. The maximum atomic E-state index is 2.41. The lowest BCUT2D eigenvalue weighted by Gasteiger charge is -2.24. The van der Waals surface area contributed by atoms with Crippen molar-refractivity contribution in [2.75, 3.05) is 0 Å². The minimum absolute atomic E-state index is 0.644. The van der Waals surface area contributed by atoms with Crippen LogP contribution in [-0.4, -0.2) is 0 Å². The van der Waals surface area contributed by atoms with Crippen LogP contribution in [0.25, 0.3) is 32.5 Å². The smallest absolute Gasteiger partial charge is 0.00327 e. The molecule has 6 rings (SSSR count). The largest absolute Gasteiger partial charge is 0.123 e. The second-order valence-electron chi connectivity index (χ2n) is 9.18. The van der Waals surface area contributed by atoms with Gasteiger partial charge in [0.25, 0.3) is 0 Å². The van der Waals surface area contributed by atoms with Gasteiger partial charge in [0.15, 0.2) is 0 Å². The summed E-state index contributed by atoms with van der Waals surface area (Å²) in [6.45, 7) is 4.63. The second kappa shape index (κ2) is 9.91. The quantitative estimate of drug-likeness (QED) is 0.209. The van der Waals surface area contributed by atoms with Gasteiger partial charge in [-0.25, -0.2) is 0 Å². The van der Waals surface area contributed by atoms with Gasteiger partial charge in [0, 0.05) is 16.2 Å². The molecule has 6 aromatic rings. The molecular formula is C34H28P2. The van der Waals surface area contributed by atoms with Crippen LogP contribution in [0.4, 0.5) is 0 Å². The SMILES string of the molecule is Cc1c(-c2ccccc2)[pH]c(-c2c(P(c3ccccc3)c3ccccc3)ccc3ccccc23)c1C. The van der Waals surface area contributed by atoms with E-state index in [9.17, 15) is 0 Å². The Bertz CT molecular complexity index is 1590. The summed E-state index contributed by atoms with van der Waals surface area (Å²) in [7, 11) is -0.0624. The summed E-state index contributed by atoms with van der Waals surface area (Å²) in [6, 6.07) is 46.7. The van der Waals surface area contributed by atoms with Crippen molar-refractivity contribution in [3.8, 4) is 21.7 Å². The molecule has 2 heteroatoms. The lowest BCUT2D eigenvalue weighted by molar-refractivity contribution is 1.40. The van der Waals surface area contributed by atoms with Gasteiger partial charge in [0.05, 0.1) is 0 Å². The molecule has 0 aliphatic rings. The highest BCUT2D eigenvalue weighted by atomic mass is 31.1. The molecular weight excluding hydrogens is 470 g/mol. The van der Waals surface area contributed by atoms with Crippen LogP contribution in [0.3, 0.4) is 0 Å². The minimum Gasteiger partial charge on any atom is -0.123 e. The molecule has 1 heterocycles. The fraction of sp³-hybridized carbons (Fsp3) is 0.0588. The molecule has 36 heavy (non-hydrogen) atoms. The summed E-state index contributed by atoms with van der Waals surface area (Å²) >= 11 is 0. The molecule has 0 fully saturated rings. The predicted molar refractivity (Wildman–Crippen MR) is 163 cm³/mol. The summed E-state index contributed by atoms with van der Waals surface area (Å²) in [4.78, 5) is 0. The van der Waals surface area contributed by atoms with Crippen molar-refractivity contribution in [3.05, 3.63) is 139 Å². The molecule has 0 N–H and O–H groups in total. The molecule has 0 aliphatic carbocycles. The summed E-state index contributed by atoms with van der Waals surface area (Å²) < 4.78 is 0. The van der Waals surface area contributed by atoms with Crippen molar-refractivity contribution < 1.29 is 0 Å². The Labute approximate surface area is 216 Å². The Morgan fingerprint density at radius 3 is 1.67 bits per heavy atom. The van der Waals surface area contributed by atoms with Crippen LogP contribution in [-0.2, 0) is 0 Å². The number of benzene rings is 5. The maximum Gasteiger partial charge on any atom is 0.00327 e. The van der Waals surface area contributed by atoms with Crippen molar-refractivity contribution in [1.82, 2.24) is 0 Å². The predicted octanol–water partition coefficient (Wildman–Crippen LogP) is 8.58. The van der Waals surface area contributed by atoms with E-state index < -0.39 is 7.92 Å². The van der Waals surface area contributed by atoms with Crippen LogP contribution in [0.5, 0.6) is 0 Å². The van der Waals surface area contributed by atoms with Crippen LogP contribution in [0.15, 0.2) is 127 Å². The minimum atomic E-state index is -0.706. The molecule has 0 radical (unpaired) electrons. The lowest BCUT2D eigenvalue weighted by atomic mass is 9.99. The third-order valence-corrected chi connectivity index (χ3v) is 11.3. The van der Waals surface area contributed by atoms with Gasteiger partial charge in [0.2, 0.25) is 0 Å². The fourth-order valence-corrected chi connectivity index (χ4v) is 9.41. The summed E-state index contributed by atoms with van der Waals surface area (Å²) in [5, 5.41) is 9.88. The topological polar surface area (TPSA) is 0 Å². The van der Waals surface area contributed by atoms with Gasteiger partial charge in [0.1, 0.15) is 0 Å². The molecule has 174 valence electrons. The first-order valence-corrected chi connectivity index (χ1v) is 14.7. The van der Waals surface area contributed by atoms with Crippen molar-refractivity contribution in [2.45, 2.75) is 13.8 Å². The molecule has 0 saturated carbocycles. The Hall–Kier alpha value is -3.43. The average Bonchev–Trinajstić information content (AvgIpc) is 3.24. The van der Waals surface area contributed by atoms with Crippen LogP contribution in [0.2, 0.25) is 0 Å². The van der Waals surface area contributed by atoms with Crippen molar-refractivity contribution in [1.29, 1.82) is 0 Å². The van der Waals surface area contributed by atoms with E-state index in [1.165, 1.54) is 59.5 Å². The number of rotatable bonds is 5. The summed E-state index contributed by atoms with van der Waals surface area (Å²) in [5.74, 6) is 0. The third kappa shape index (κ3) is 4.12. The van der Waals surface area contributed by atoms with Crippen LogP contribution in [0.1, 0.15) is 11.1 Å². The van der Waals surface area contributed by atoms with E-state index in [0.717, 1.165) is 0 Å². The average molecular weight is 499 g/mol. The zero-order chi connectivity index (χ0) is 24.5. The highest BCUT2D eigenvalue weighted by Gasteiger charge is 2.24. The highest BCUT2D eigenvalue weighted by molar-refractivity contribution is 7.80. The summed E-state index contributed by atoms with van der Waals surface area (Å²) in [6.07, 6.45) is 0. The fourth-order valence-electron chi connectivity index (χ4n) is 5.12. The standard InChI is InChI=1S/C34H28P2/c1-24-25(2)34(35-33(24)27-15-6-3-7-16-27)32-30-21-13-12-14-26(30)22-23-31(32)36(28-17-8-4-9-18-28)29-19-10-5-11-20-29/h3-23,35H,1-2H3. The van der Waals surface area contributed by atoms with E-state index in [0.29, 0.717) is 8.19 Å². The van der Waals surface area contributed by atoms with Crippen LogP contribution in [0, 0.1) is 13.8 Å². The highest BCUT2D eigenvalue weighted by Crippen LogP contribution is 2.49. The molecule has 0 amide bonds. The molecule has 1 unspecified atom stereocenters. The van der Waals surface area contributed by atoms with Gasteiger partial charge in [-0.1, -0.05) is 127 Å². The van der Waals surface area contributed by atoms with E-state index in [4.69, 9.17) is 0 Å². The number of hydrogen-bond acceptors (Lipinski definition) is 0. The maximum absolute atomic E-state index is 2.41. The third-order valence-electron chi connectivity index (χ3n) is 7.05. The van der Waals surface area contributed by atoms with E-state index in [2.05, 4.69) is 141 Å². The Kier molecular flexibility index (Phi) is 6.33. The number of fused-ring (bicyclic) bond motifs is 1. The van der Waals surface area contributed by atoms with Gasteiger partial charge in [-0.2, -0.15) is 0 Å². The Morgan fingerprint density at radius 2 is 1.03 bits per heavy atom. The molecule has 0 spiro atoms. The zero-order valence-electron chi connectivity index (χ0n) is 20.6. The van der Waals surface area contributed by atoms with E-state index in [1.807, 2.05) is 0 Å². The lowest BCUT2D eigenvalue weighted by Crippen LogP contribution is -2.22. The first-order chi connectivity index (χ1) is 17.7. The van der Waals surface area contributed by atoms with Crippen molar-refractivity contribution in [2.24, 2.45) is 0 Å². The van der Waals surface area contributed by atoms with Crippen molar-refractivity contribution in [3.63, 3.8) is 0 Å². The van der Waals surface area contributed by atoms with Crippen molar-refractivity contribution >= 4 is 42.8 Å². The molecule has 0 nitrogen and oxygen atoms in total. The Balaban J connectivity index is 1.67. The molecule has 0 saturated heterocycles. The van der Waals surface area contributed by atoms with Gasteiger partial charge >= 0.3 is 0 Å². The molecule has 1 aromatic heterocycles. The van der Waals surface area contributed by atoms with E-state index >= 15 is 0 Å².